The lowest BCUT2D eigenvalue weighted by molar-refractivity contribution is 1.22. The Morgan fingerprint density at radius 1 is 0.789 bits per heavy atom. The van der Waals surface area contributed by atoms with Crippen LogP contribution in [-0.4, -0.2) is 18.2 Å². The minimum Gasteiger partial charge on any atom is -0.296 e. The van der Waals surface area contributed by atoms with Gasteiger partial charge in [-0.25, -0.2) is 0 Å². The van der Waals surface area contributed by atoms with Crippen LogP contribution in [0.4, 0.5) is 0 Å². The molecule has 0 aliphatic carbocycles. The lowest BCUT2D eigenvalue weighted by atomic mass is 10.0. The van der Waals surface area contributed by atoms with Crippen LogP contribution in [-0.2, 0) is 6.42 Å². The van der Waals surface area contributed by atoms with Gasteiger partial charge in [0.2, 0.25) is 0 Å². The summed E-state index contributed by atoms with van der Waals surface area (Å²) in [4.78, 5) is 0. The number of halogens is 1. The highest BCUT2D eigenvalue weighted by Crippen LogP contribution is 2.17. The van der Waals surface area contributed by atoms with Crippen LogP contribution in [0.1, 0.15) is 11.1 Å². The van der Waals surface area contributed by atoms with Gasteiger partial charge in [0.25, 0.3) is 0 Å². The van der Waals surface area contributed by atoms with E-state index in [-0.39, 0.29) is 18.2 Å². The van der Waals surface area contributed by atoms with Crippen molar-refractivity contribution in [3.8, 4) is 0 Å². The van der Waals surface area contributed by atoms with Crippen LogP contribution in [0.25, 0.3) is 10.8 Å². The molecule has 0 bridgehead atoms. The fourth-order valence-corrected chi connectivity index (χ4v) is 4.71. The highest BCUT2D eigenvalue weighted by molar-refractivity contribution is 9.23. The van der Waals surface area contributed by atoms with Gasteiger partial charge in [-0.3, -0.25) is 12.9 Å². The third-order valence-electron chi connectivity index (χ3n) is 3.47. The first-order chi connectivity index (χ1) is 9.36. The Bertz CT molecular complexity index is 706. The Labute approximate surface area is 129 Å². The van der Waals surface area contributed by atoms with E-state index in [1.807, 2.05) is 0 Å². The topological polar surface area (TPSA) is 0 Å². The van der Waals surface area contributed by atoms with Crippen molar-refractivity contribution in [2.24, 2.45) is 0 Å². The van der Waals surface area contributed by atoms with Gasteiger partial charge >= 0.3 is 18.2 Å². The van der Waals surface area contributed by atoms with Crippen molar-refractivity contribution < 1.29 is 0 Å². The molecule has 0 fully saturated rings. The van der Waals surface area contributed by atoms with Gasteiger partial charge in [-0.15, -0.1) is 3.69 Å². The summed E-state index contributed by atoms with van der Waals surface area (Å²) in [6.07, 6.45) is 1.03. The second-order valence-corrected chi connectivity index (χ2v) is 7.47. The Balaban J connectivity index is 1.96. The van der Waals surface area contributed by atoms with Crippen LogP contribution < -0.4 is 3.69 Å². The van der Waals surface area contributed by atoms with E-state index in [1.54, 1.807) is 0 Å². The Morgan fingerprint density at radius 2 is 1.53 bits per heavy atom. The zero-order valence-corrected chi connectivity index (χ0v) is 13.6. The quantitative estimate of drug-likeness (QED) is 0.638. The average molecular weight is 322 g/mol. The summed E-state index contributed by atoms with van der Waals surface area (Å²) in [6.45, 7) is 0. The summed E-state index contributed by atoms with van der Waals surface area (Å²) in [5.74, 6) is 0. The van der Waals surface area contributed by atoms with Crippen LogP contribution in [0.15, 0.2) is 66.7 Å². The Kier molecular flexibility index (Phi) is 4.21. The van der Waals surface area contributed by atoms with Crippen molar-refractivity contribution in [2.75, 3.05) is 0 Å². The maximum atomic E-state index is 3.70. The summed E-state index contributed by atoms with van der Waals surface area (Å²) in [7, 11) is 0. The van der Waals surface area contributed by atoms with Crippen LogP contribution >= 0.6 is 12.9 Å². The van der Waals surface area contributed by atoms with E-state index in [2.05, 4.69) is 79.6 Å². The summed E-state index contributed by atoms with van der Waals surface area (Å²) in [5, 5.41) is 2.64. The molecule has 0 unspecified atom stereocenters. The number of hydrogen-bond acceptors (Lipinski definition) is 0. The molecule has 3 aromatic carbocycles. The predicted molar refractivity (Wildman–Crippen MR) is 87.5 cm³/mol. The summed E-state index contributed by atoms with van der Waals surface area (Å²) >= 11 is 3.42. The standard InChI is InChI=1S/C17H13.BrH.Mg/c1-2-6-14(7-3-1)12-15-10-11-16-8-4-5-9-17(16)13-15;;/h1-6,8-11,13H,12H2;1H;/q;;+1/p-1. The maximum Gasteiger partial charge on any atom is 0.507 e. The fraction of sp³-hybridized carbons (Fsp3) is 0.0588. The molecule has 0 aliphatic rings. The van der Waals surface area contributed by atoms with Crippen LogP contribution in [0.3, 0.4) is 0 Å². The molecule has 90 valence electrons. The van der Waals surface area contributed by atoms with Gasteiger partial charge in [0.05, 0.1) is 0 Å². The summed E-state index contributed by atoms with van der Waals surface area (Å²) < 4.78 is 1.51. The molecule has 0 aliphatic heterocycles. The molecule has 3 aromatic rings. The van der Waals surface area contributed by atoms with Crippen molar-refractivity contribution in [1.82, 2.24) is 0 Å². The summed E-state index contributed by atoms with van der Waals surface area (Å²) in [5.41, 5.74) is 2.85. The van der Waals surface area contributed by atoms with Crippen molar-refractivity contribution in [3.05, 3.63) is 77.9 Å². The third kappa shape index (κ3) is 3.02. The molecule has 0 amide bonds. The van der Waals surface area contributed by atoms with E-state index in [9.17, 15) is 0 Å². The first-order valence-corrected chi connectivity index (χ1v) is 11.1. The minimum atomic E-state index is -0.282. The summed E-state index contributed by atoms with van der Waals surface area (Å²) in [6, 6.07) is 24.1. The highest BCUT2D eigenvalue weighted by Gasteiger charge is 2.04. The van der Waals surface area contributed by atoms with Crippen molar-refractivity contribution in [1.29, 1.82) is 0 Å². The molecule has 0 atom stereocenters. The van der Waals surface area contributed by atoms with E-state index in [0.29, 0.717) is 0 Å². The lowest BCUT2D eigenvalue weighted by Crippen LogP contribution is -2.14. The second kappa shape index (κ2) is 6.08. The monoisotopic (exact) mass is 320 g/mol. The molecule has 0 N–H and O–H groups in total. The third-order valence-corrected chi connectivity index (χ3v) is 6.26. The SMILES string of the molecule is [Br][Mg][c]1ccccc1Cc1ccc2ccccc2c1. The molecule has 0 nitrogen and oxygen atoms in total. The molecule has 0 radical (unpaired) electrons. The minimum absolute atomic E-state index is 0.282. The molecule has 19 heavy (non-hydrogen) atoms. The van der Waals surface area contributed by atoms with Crippen molar-refractivity contribution >= 4 is 45.5 Å². The molecule has 0 saturated carbocycles. The lowest BCUT2D eigenvalue weighted by Gasteiger charge is -2.08. The first-order valence-electron chi connectivity index (χ1n) is 6.47. The molecule has 3 rings (SSSR count). The zero-order chi connectivity index (χ0) is 13.1. The van der Waals surface area contributed by atoms with Gasteiger partial charge in [-0.05, 0) is 22.8 Å². The molecule has 0 heterocycles. The number of hydrogen-bond donors (Lipinski definition) is 0. The molecule has 2 heteroatoms. The molecule has 0 spiro atoms. The van der Waals surface area contributed by atoms with Gasteiger partial charge in [-0.1, -0.05) is 72.3 Å². The van der Waals surface area contributed by atoms with E-state index in [1.165, 1.54) is 25.6 Å². The van der Waals surface area contributed by atoms with Crippen LogP contribution in [0.2, 0.25) is 0 Å². The van der Waals surface area contributed by atoms with Gasteiger partial charge in [0.15, 0.2) is 0 Å². The van der Waals surface area contributed by atoms with Crippen LogP contribution in [0.5, 0.6) is 0 Å². The van der Waals surface area contributed by atoms with Gasteiger partial charge in [-0.2, -0.15) is 0 Å². The van der Waals surface area contributed by atoms with Crippen molar-refractivity contribution in [3.63, 3.8) is 0 Å². The van der Waals surface area contributed by atoms with E-state index in [0.717, 1.165) is 6.42 Å². The van der Waals surface area contributed by atoms with E-state index >= 15 is 0 Å². The molecule has 0 aromatic heterocycles. The first kappa shape index (κ1) is 13.2. The Morgan fingerprint density at radius 3 is 2.37 bits per heavy atom. The molecular weight excluding hydrogens is 308 g/mol. The van der Waals surface area contributed by atoms with Crippen LogP contribution in [0, 0.1) is 0 Å². The van der Waals surface area contributed by atoms with Crippen molar-refractivity contribution in [2.45, 2.75) is 6.42 Å². The van der Waals surface area contributed by atoms with Gasteiger partial charge in [0, 0.05) is 0 Å². The van der Waals surface area contributed by atoms with E-state index in [4.69, 9.17) is 0 Å². The maximum absolute atomic E-state index is 3.70. The smallest absolute Gasteiger partial charge is 0.296 e. The molecular formula is C17H13BrMg. The Hall–Kier alpha value is -0.834. The predicted octanol–water partition coefficient (Wildman–Crippen LogP) is 4.07. The van der Waals surface area contributed by atoms with Gasteiger partial charge < -0.3 is 0 Å². The van der Waals surface area contributed by atoms with Gasteiger partial charge in [0.1, 0.15) is 0 Å². The number of fused-ring (bicyclic) bond motifs is 1. The average Bonchev–Trinajstić information content (AvgIpc) is 2.48. The highest BCUT2D eigenvalue weighted by atomic mass is 79.9. The largest absolute Gasteiger partial charge is 0.507 e. The second-order valence-electron chi connectivity index (χ2n) is 4.76. The fourth-order valence-electron chi connectivity index (χ4n) is 2.43. The number of benzene rings is 3. The molecule has 0 saturated heterocycles. The zero-order valence-electron chi connectivity index (χ0n) is 10.6. The number of rotatable bonds is 3. The normalized spacial score (nSPS) is 10.4. The van der Waals surface area contributed by atoms with E-state index < -0.39 is 0 Å².